The standard InChI is InChI=1S/C22H26BrN3/c23-17-13-11-16(12-14-17)21-18-9-7-5-3-1-2-4-6-8-10-20(18)26-22(25)19(21)15-24/h11-14H,1-10H2,(H2,25,26). The van der Waals surface area contributed by atoms with E-state index < -0.39 is 0 Å². The zero-order valence-corrected chi connectivity index (χ0v) is 16.8. The summed E-state index contributed by atoms with van der Waals surface area (Å²) in [6, 6.07) is 10.5. The second-order valence-corrected chi connectivity index (χ2v) is 8.04. The van der Waals surface area contributed by atoms with E-state index in [1.807, 2.05) is 12.1 Å². The van der Waals surface area contributed by atoms with E-state index in [0.29, 0.717) is 11.4 Å². The molecular formula is C22H26BrN3. The van der Waals surface area contributed by atoms with Gasteiger partial charge in [-0.05, 0) is 48.9 Å². The third kappa shape index (κ3) is 4.45. The van der Waals surface area contributed by atoms with E-state index in [1.165, 1.54) is 44.1 Å². The number of aromatic nitrogens is 1. The summed E-state index contributed by atoms with van der Waals surface area (Å²) in [7, 11) is 0. The molecule has 4 heteroatoms. The van der Waals surface area contributed by atoms with Crippen molar-refractivity contribution < 1.29 is 0 Å². The Kier molecular flexibility index (Phi) is 6.68. The van der Waals surface area contributed by atoms with Crippen LogP contribution in [0.25, 0.3) is 11.1 Å². The van der Waals surface area contributed by atoms with E-state index >= 15 is 0 Å². The molecule has 0 atom stereocenters. The van der Waals surface area contributed by atoms with E-state index in [9.17, 15) is 5.26 Å². The molecule has 1 aliphatic carbocycles. The fraction of sp³-hybridized carbons (Fsp3) is 0.455. The summed E-state index contributed by atoms with van der Waals surface area (Å²) in [4.78, 5) is 4.66. The van der Waals surface area contributed by atoms with Crippen LogP contribution >= 0.6 is 15.9 Å². The monoisotopic (exact) mass is 411 g/mol. The number of nitriles is 1. The van der Waals surface area contributed by atoms with Crippen LogP contribution in [-0.2, 0) is 12.8 Å². The third-order valence-electron chi connectivity index (χ3n) is 5.25. The van der Waals surface area contributed by atoms with Gasteiger partial charge in [0.15, 0.2) is 0 Å². The quantitative estimate of drug-likeness (QED) is 0.608. The summed E-state index contributed by atoms with van der Waals surface area (Å²) in [5.41, 5.74) is 11.1. The Bertz CT molecular complexity index is 791. The Balaban J connectivity index is 2.10. The molecule has 0 saturated heterocycles. The van der Waals surface area contributed by atoms with Crippen LogP contribution in [0.15, 0.2) is 28.7 Å². The van der Waals surface area contributed by atoms with E-state index in [0.717, 1.165) is 47.0 Å². The lowest BCUT2D eigenvalue weighted by Crippen LogP contribution is -2.09. The number of hydrogen-bond acceptors (Lipinski definition) is 3. The zero-order valence-electron chi connectivity index (χ0n) is 15.2. The molecule has 0 amide bonds. The second kappa shape index (κ2) is 9.19. The number of anilines is 1. The third-order valence-corrected chi connectivity index (χ3v) is 5.78. The van der Waals surface area contributed by atoms with Gasteiger partial charge in [0.25, 0.3) is 0 Å². The predicted octanol–water partition coefficient (Wildman–Crippen LogP) is 6.18. The van der Waals surface area contributed by atoms with Crippen LogP contribution in [0, 0.1) is 11.3 Å². The van der Waals surface area contributed by atoms with Crippen molar-refractivity contribution in [2.45, 2.75) is 64.2 Å². The number of halogens is 1. The zero-order chi connectivity index (χ0) is 18.4. The molecule has 136 valence electrons. The molecule has 1 heterocycles. The Hall–Kier alpha value is -1.86. The maximum absolute atomic E-state index is 9.75. The first kappa shape index (κ1) is 18.9. The van der Waals surface area contributed by atoms with Gasteiger partial charge in [0, 0.05) is 15.7 Å². The first-order chi connectivity index (χ1) is 12.7. The van der Waals surface area contributed by atoms with Crippen molar-refractivity contribution in [3.63, 3.8) is 0 Å². The molecule has 0 bridgehead atoms. The van der Waals surface area contributed by atoms with Crippen molar-refractivity contribution in [1.29, 1.82) is 5.26 Å². The van der Waals surface area contributed by atoms with Crippen LogP contribution < -0.4 is 5.73 Å². The Morgan fingerprint density at radius 3 is 2.08 bits per heavy atom. The van der Waals surface area contributed by atoms with Gasteiger partial charge in [-0.25, -0.2) is 4.98 Å². The molecule has 0 unspecified atom stereocenters. The fourth-order valence-electron chi connectivity index (χ4n) is 3.87. The summed E-state index contributed by atoms with van der Waals surface area (Å²) in [5.74, 6) is 0.372. The van der Waals surface area contributed by atoms with Gasteiger partial charge in [-0.3, -0.25) is 0 Å². The Morgan fingerprint density at radius 1 is 0.885 bits per heavy atom. The van der Waals surface area contributed by atoms with Gasteiger partial charge in [-0.2, -0.15) is 5.26 Å². The number of pyridine rings is 1. The van der Waals surface area contributed by atoms with Crippen molar-refractivity contribution in [3.8, 4) is 17.2 Å². The van der Waals surface area contributed by atoms with Gasteiger partial charge in [-0.1, -0.05) is 66.6 Å². The highest BCUT2D eigenvalue weighted by molar-refractivity contribution is 9.10. The van der Waals surface area contributed by atoms with Crippen LogP contribution in [0.2, 0.25) is 0 Å². The highest BCUT2D eigenvalue weighted by atomic mass is 79.9. The van der Waals surface area contributed by atoms with Crippen molar-refractivity contribution in [3.05, 3.63) is 45.6 Å². The van der Waals surface area contributed by atoms with E-state index in [1.54, 1.807) is 0 Å². The van der Waals surface area contributed by atoms with E-state index in [-0.39, 0.29) is 0 Å². The lowest BCUT2D eigenvalue weighted by molar-refractivity contribution is 0.557. The van der Waals surface area contributed by atoms with E-state index in [2.05, 4.69) is 39.1 Å². The summed E-state index contributed by atoms with van der Waals surface area (Å²) in [5, 5.41) is 9.75. The Labute approximate surface area is 164 Å². The molecule has 0 fully saturated rings. The number of nitrogen functional groups attached to an aromatic ring is 1. The average Bonchev–Trinajstić information content (AvgIpc) is 2.63. The maximum Gasteiger partial charge on any atom is 0.142 e. The van der Waals surface area contributed by atoms with Crippen molar-refractivity contribution >= 4 is 21.7 Å². The first-order valence-corrected chi connectivity index (χ1v) is 10.5. The molecule has 2 N–H and O–H groups in total. The summed E-state index contributed by atoms with van der Waals surface area (Å²) < 4.78 is 1.03. The van der Waals surface area contributed by atoms with Gasteiger partial charge in [0.2, 0.25) is 0 Å². The van der Waals surface area contributed by atoms with E-state index in [4.69, 9.17) is 5.73 Å². The number of rotatable bonds is 1. The SMILES string of the molecule is N#Cc1c(N)nc2c(c1-c1ccc(Br)cc1)CCCCCCCCCC2. The van der Waals surface area contributed by atoms with Crippen LogP contribution in [-0.4, -0.2) is 4.98 Å². The maximum atomic E-state index is 9.75. The molecule has 3 rings (SSSR count). The first-order valence-electron chi connectivity index (χ1n) is 9.68. The van der Waals surface area contributed by atoms with Crippen molar-refractivity contribution in [2.24, 2.45) is 0 Å². The molecule has 0 aliphatic heterocycles. The minimum absolute atomic E-state index is 0.372. The molecular weight excluding hydrogens is 386 g/mol. The molecule has 26 heavy (non-hydrogen) atoms. The lowest BCUT2D eigenvalue weighted by Gasteiger charge is -2.18. The number of hydrogen-bond donors (Lipinski definition) is 1. The summed E-state index contributed by atoms with van der Waals surface area (Å²) >= 11 is 3.50. The molecule has 3 nitrogen and oxygen atoms in total. The van der Waals surface area contributed by atoms with Crippen LogP contribution in [0.5, 0.6) is 0 Å². The smallest absolute Gasteiger partial charge is 0.142 e. The van der Waals surface area contributed by atoms with Gasteiger partial charge in [0.05, 0.1) is 0 Å². The van der Waals surface area contributed by atoms with Gasteiger partial charge < -0.3 is 5.73 Å². The largest absolute Gasteiger partial charge is 0.383 e. The van der Waals surface area contributed by atoms with Crippen molar-refractivity contribution in [1.82, 2.24) is 4.98 Å². The van der Waals surface area contributed by atoms with Gasteiger partial charge in [-0.15, -0.1) is 0 Å². The fourth-order valence-corrected chi connectivity index (χ4v) is 4.14. The average molecular weight is 412 g/mol. The molecule has 1 aliphatic rings. The van der Waals surface area contributed by atoms with Crippen LogP contribution in [0.1, 0.15) is 68.2 Å². The number of benzene rings is 1. The summed E-state index contributed by atoms with van der Waals surface area (Å²) in [6.07, 6.45) is 12.0. The molecule has 1 aromatic carbocycles. The van der Waals surface area contributed by atoms with Crippen LogP contribution in [0.3, 0.4) is 0 Å². The number of nitrogens with two attached hydrogens (primary N) is 1. The number of aryl methyl sites for hydroxylation is 1. The Morgan fingerprint density at radius 2 is 1.46 bits per heavy atom. The minimum atomic E-state index is 0.372. The predicted molar refractivity (Wildman–Crippen MR) is 111 cm³/mol. The highest BCUT2D eigenvalue weighted by Gasteiger charge is 2.19. The molecule has 0 spiro atoms. The number of fused-ring (bicyclic) bond motifs is 1. The second-order valence-electron chi connectivity index (χ2n) is 7.12. The summed E-state index contributed by atoms with van der Waals surface area (Å²) in [6.45, 7) is 0. The highest BCUT2D eigenvalue weighted by Crippen LogP contribution is 2.35. The minimum Gasteiger partial charge on any atom is -0.383 e. The molecule has 1 aromatic heterocycles. The van der Waals surface area contributed by atoms with Gasteiger partial charge >= 0.3 is 0 Å². The molecule has 0 saturated carbocycles. The molecule has 0 radical (unpaired) electrons. The normalized spacial score (nSPS) is 16.0. The molecule has 2 aromatic rings. The number of nitrogens with zero attached hydrogens (tertiary/aromatic N) is 2. The van der Waals surface area contributed by atoms with Gasteiger partial charge in [0.1, 0.15) is 17.5 Å². The van der Waals surface area contributed by atoms with Crippen molar-refractivity contribution in [2.75, 3.05) is 5.73 Å². The topological polar surface area (TPSA) is 62.7 Å². The van der Waals surface area contributed by atoms with Crippen LogP contribution in [0.4, 0.5) is 5.82 Å². The lowest BCUT2D eigenvalue weighted by atomic mass is 9.89.